The number of anilines is 1. The quantitative estimate of drug-likeness (QED) is 0.512. The highest BCUT2D eigenvalue weighted by Gasteiger charge is 2.16. The van der Waals surface area contributed by atoms with Crippen molar-refractivity contribution in [3.8, 4) is 0 Å². The van der Waals surface area contributed by atoms with Crippen molar-refractivity contribution >= 4 is 33.4 Å². The Balaban J connectivity index is 2.70. The number of nitrogens with one attached hydrogen (secondary N) is 3. The Morgan fingerprint density at radius 3 is 2.48 bits per heavy atom. The number of guanidine groups is 1. The van der Waals surface area contributed by atoms with Gasteiger partial charge in [0.1, 0.15) is 0 Å². The van der Waals surface area contributed by atoms with Crippen molar-refractivity contribution < 1.29 is 8.42 Å². The zero-order valence-electron chi connectivity index (χ0n) is 14.3. The largest absolute Gasteiger partial charge is 0.355 e. The highest BCUT2D eigenvalue weighted by atomic mass is 32.2. The third-order valence-electron chi connectivity index (χ3n) is 3.22. The Hall–Kier alpha value is -1.41. The minimum atomic E-state index is -3.30. The number of nitrogens with zero attached hydrogens (tertiary/aromatic N) is 1. The van der Waals surface area contributed by atoms with Crippen molar-refractivity contribution in [3.05, 3.63) is 29.8 Å². The van der Waals surface area contributed by atoms with E-state index in [0.29, 0.717) is 18.2 Å². The normalized spacial score (nSPS) is 12.8. The first-order valence-corrected chi connectivity index (χ1v) is 10.3. The van der Waals surface area contributed by atoms with Gasteiger partial charge in [0.25, 0.3) is 0 Å². The molecular formula is C15H26N4O2S2. The molecule has 0 saturated heterocycles. The van der Waals surface area contributed by atoms with Crippen molar-refractivity contribution in [1.29, 1.82) is 0 Å². The summed E-state index contributed by atoms with van der Waals surface area (Å²) in [5.41, 5.74) is 1.42. The summed E-state index contributed by atoms with van der Waals surface area (Å²) in [6.45, 7) is 5.56. The Morgan fingerprint density at radius 2 is 1.91 bits per heavy atom. The van der Waals surface area contributed by atoms with E-state index in [-0.39, 0.29) is 4.75 Å². The van der Waals surface area contributed by atoms with Gasteiger partial charge in [0, 0.05) is 24.9 Å². The maximum Gasteiger partial charge on any atom is 0.229 e. The van der Waals surface area contributed by atoms with Crippen LogP contribution in [0.2, 0.25) is 0 Å². The lowest BCUT2D eigenvalue weighted by Crippen LogP contribution is -2.43. The fourth-order valence-corrected chi connectivity index (χ4v) is 2.56. The SMILES string of the molecule is CN=C(NCc1ccccc1NS(C)(=O)=O)NCC(C)(C)SC. The van der Waals surface area contributed by atoms with Crippen LogP contribution >= 0.6 is 11.8 Å². The molecule has 0 spiro atoms. The average molecular weight is 359 g/mol. The first kappa shape index (κ1) is 19.6. The van der Waals surface area contributed by atoms with Gasteiger partial charge in [-0.25, -0.2) is 8.42 Å². The van der Waals surface area contributed by atoms with Crippen LogP contribution in [0.15, 0.2) is 29.3 Å². The van der Waals surface area contributed by atoms with E-state index in [0.717, 1.165) is 18.4 Å². The first-order chi connectivity index (χ1) is 10.7. The summed E-state index contributed by atoms with van der Waals surface area (Å²) in [7, 11) is -1.59. The molecule has 23 heavy (non-hydrogen) atoms. The molecule has 6 nitrogen and oxygen atoms in total. The number of para-hydroxylation sites is 1. The Bertz CT molecular complexity index is 643. The van der Waals surface area contributed by atoms with Crippen LogP contribution in [0.4, 0.5) is 5.69 Å². The highest BCUT2D eigenvalue weighted by Crippen LogP contribution is 2.19. The van der Waals surface area contributed by atoms with Crippen LogP contribution in [0, 0.1) is 0 Å². The average Bonchev–Trinajstić information content (AvgIpc) is 2.47. The summed E-state index contributed by atoms with van der Waals surface area (Å²) in [4.78, 5) is 4.19. The van der Waals surface area contributed by atoms with E-state index in [1.165, 1.54) is 0 Å². The molecular weight excluding hydrogens is 332 g/mol. The predicted octanol–water partition coefficient (Wildman–Crippen LogP) is 1.86. The molecule has 0 heterocycles. The summed E-state index contributed by atoms with van der Waals surface area (Å²) in [6.07, 6.45) is 3.22. The number of benzene rings is 1. The van der Waals surface area contributed by atoms with Gasteiger partial charge in [-0.3, -0.25) is 9.71 Å². The molecule has 8 heteroatoms. The van der Waals surface area contributed by atoms with Gasteiger partial charge in [-0.2, -0.15) is 11.8 Å². The van der Waals surface area contributed by atoms with Crippen LogP contribution in [0.25, 0.3) is 0 Å². The zero-order chi connectivity index (χ0) is 17.5. The fourth-order valence-electron chi connectivity index (χ4n) is 1.74. The van der Waals surface area contributed by atoms with Crippen molar-refractivity contribution in [1.82, 2.24) is 10.6 Å². The molecule has 0 aliphatic rings. The third-order valence-corrected chi connectivity index (χ3v) is 5.06. The van der Waals surface area contributed by atoms with E-state index in [1.54, 1.807) is 30.9 Å². The predicted molar refractivity (Wildman–Crippen MR) is 101 cm³/mol. The molecule has 1 aromatic carbocycles. The van der Waals surface area contributed by atoms with Crippen LogP contribution in [-0.4, -0.2) is 45.2 Å². The van der Waals surface area contributed by atoms with Gasteiger partial charge < -0.3 is 10.6 Å². The molecule has 1 rings (SSSR count). The number of hydrogen-bond donors (Lipinski definition) is 3. The van der Waals surface area contributed by atoms with Crippen LogP contribution in [0.3, 0.4) is 0 Å². The minimum absolute atomic E-state index is 0.105. The van der Waals surface area contributed by atoms with E-state index in [1.807, 2.05) is 12.1 Å². The zero-order valence-corrected chi connectivity index (χ0v) is 15.9. The molecule has 1 aromatic rings. The maximum absolute atomic E-state index is 11.4. The summed E-state index contributed by atoms with van der Waals surface area (Å²) in [5, 5.41) is 6.48. The van der Waals surface area contributed by atoms with E-state index in [2.05, 4.69) is 40.5 Å². The van der Waals surface area contributed by atoms with Crippen LogP contribution < -0.4 is 15.4 Å². The number of rotatable bonds is 7. The number of aliphatic imine (C=N–C) groups is 1. The summed E-state index contributed by atoms with van der Waals surface area (Å²) < 4.78 is 25.5. The molecule has 0 amide bonds. The van der Waals surface area contributed by atoms with Crippen molar-refractivity contribution in [2.45, 2.75) is 25.1 Å². The number of hydrogen-bond acceptors (Lipinski definition) is 4. The van der Waals surface area contributed by atoms with Crippen LogP contribution in [0.1, 0.15) is 19.4 Å². The van der Waals surface area contributed by atoms with Gasteiger partial charge in [0.15, 0.2) is 5.96 Å². The molecule has 0 fully saturated rings. The van der Waals surface area contributed by atoms with Crippen LogP contribution in [-0.2, 0) is 16.6 Å². The Morgan fingerprint density at radius 1 is 1.26 bits per heavy atom. The molecule has 0 radical (unpaired) electrons. The standard InChI is InChI=1S/C15H26N4O2S2/c1-15(2,22-4)11-18-14(16-3)17-10-12-8-6-7-9-13(12)19-23(5,20)21/h6-9,19H,10-11H2,1-5H3,(H2,16,17,18). The van der Waals surface area contributed by atoms with Crippen molar-refractivity contribution in [3.63, 3.8) is 0 Å². The van der Waals surface area contributed by atoms with Gasteiger partial charge in [0.05, 0.1) is 11.9 Å². The molecule has 0 aliphatic carbocycles. The molecule has 3 N–H and O–H groups in total. The highest BCUT2D eigenvalue weighted by molar-refractivity contribution is 7.99. The summed E-state index contributed by atoms with van der Waals surface area (Å²) in [5.74, 6) is 0.682. The molecule has 0 aromatic heterocycles. The third kappa shape index (κ3) is 7.60. The van der Waals surface area contributed by atoms with Crippen molar-refractivity contribution in [2.75, 3.05) is 30.8 Å². The van der Waals surface area contributed by atoms with Gasteiger partial charge in [-0.1, -0.05) is 18.2 Å². The lowest BCUT2D eigenvalue weighted by atomic mass is 10.2. The van der Waals surface area contributed by atoms with Crippen LogP contribution in [0.5, 0.6) is 0 Å². The molecule has 0 atom stereocenters. The smallest absolute Gasteiger partial charge is 0.229 e. The second kappa shape index (κ2) is 8.44. The minimum Gasteiger partial charge on any atom is -0.355 e. The van der Waals surface area contributed by atoms with Gasteiger partial charge in [-0.15, -0.1) is 0 Å². The molecule has 0 aliphatic heterocycles. The van der Waals surface area contributed by atoms with Crippen molar-refractivity contribution in [2.24, 2.45) is 4.99 Å². The van der Waals surface area contributed by atoms with Gasteiger partial charge >= 0.3 is 0 Å². The van der Waals surface area contributed by atoms with E-state index >= 15 is 0 Å². The molecule has 0 unspecified atom stereocenters. The Kier molecular flexibility index (Phi) is 7.21. The lowest BCUT2D eigenvalue weighted by molar-refractivity contribution is 0.606. The summed E-state index contributed by atoms with van der Waals surface area (Å²) >= 11 is 1.78. The van der Waals surface area contributed by atoms with E-state index in [9.17, 15) is 8.42 Å². The topological polar surface area (TPSA) is 82.6 Å². The Labute approximate surface area is 143 Å². The first-order valence-electron chi connectivity index (χ1n) is 7.22. The van der Waals surface area contributed by atoms with E-state index < -0.39 is 10.0 Å². The lowest BCUT2D eigenvalue weighted by Gasteiger charge is -2.24. The maximum atomic E-state index is 11.4. The summed E-state index contributed by atoms with van der Waals surface area (Å²) in [6, 6.07) is 7.29. The monoisotopic (exact) mass is 358 g/mol. The second-order valence-corrected chi connectivity index (χ2v) is 9.04. The second-order valence-electron chi connectivity index (χ2n) is 5.77. The van der Waals surface area contributed by atoms with Gasteiger partial charge in [-0.05, 0) is 31.7 Å². The molecule has 0 bridgehead atoms. The van der Waals surface area contributed by atoms with E-state index in [4.69, 9.17) is 0 Å². The number of thioether (sulfide) groups is 1. The fraction of sp³-hybridized carbons (Fsp3) is 0.533. The molecule has 0 saturated carbocycles. The number of sulfonamides is 1. The van der Waals surface area contributed by atoms with Gasteiger partial charge in [0.2, 0.25) is 10.0 Å². The molecule has 130 valence electrons.